The number of hydrogen-bond acceptors (Lipinski definition) is 7. The van der Waals surface area contributed by atoms with Crippen molar-refractivity contribution in [1.29, 1.82) is 0 Å². The van der Waals surface area contributed by atoms with Crippen LogP contribution in [0, 0.1) is 16.0 Å². The van der Waals surface area contributed by atoms with E-state index in [0.29, 0.717) is 0 Å². The smallest absolute Gasteiger partial charge is 0.345 e. The van der Waals surface area contributed by atoms with Crippen LogP contribution in [0.5, 0.6) is 0 Å². The van der Waals surface area contributed by atoms with Gasteiger partial charge < -0.3 is 19.5 Å². The number of carbonyl (C=O) groups is 1. The summed E-state index contributed by atoms with van der Waals surface area (Å²) < 4.78 is 38.4. The zero-order valence-electron chi connectivity index (χ0n) is 12.7. The van der Waals surface area contributed by atoms with E-state index in [1.54, 1.807) is 0 Å². The molecule has 10 heteroatoms. The second-order valence-corrected chi connectivity index (χ2v) is 5.12. The minimum Gasteiger partial charge on any atom is -0.465 e. The van der Waals surface area contributed by atoms with Crippen molar-refractivity contribution < 1.29 is 32.7 Å². The van der Waals surface area contributed by atoms with Crippen LogP contribution in [0.1, 0.15) is 10.4 Å². The van der Waals surface area contributed by atoms with Gasteiger partial charge in [-0.2, -0.15) is 8.78 Å². The van der Waals surface area contributed by atoms with Crippen LogP contribution in [0.25, 0.3) is 0 Å². The number of esters is 1. The molecule has 0 unspecified atom stereocenters. The van der Waals surface area contributed by atoms with Crippen molar-refractivity contribution >= 4 is 17.3 Å². The Morgan fingerprint density at radius 3 is 2.88 bits per heavy atom. The van der Waals surface area contributed by atoms with Crippen LogP contribution in [-0.4, -0.2) is 50.5 Å². The number of rotatable bonds is 7. The molecule has 0 radical (unpaired) electrons. The zero-order valence-corrected chi connectivity index (χ0v) is 12.7. The zero-order chi connectivity index (χ0) is 17.7. The highest BCUT2D eigenvalue weighted by Gasteiger charge is 2.31. The summed E-state index contributed by atoms with van der Waals surface area (Å²) in [5.41, 5.74) is -0.0339. The van der Waals surface area contributed by atoms with Gasteiger partial charge in [0.1, 0.15) is 5.69 Å². The van der Waals surface area contributed by atoms with Crippen molar-refractivity contribution in [3.8, 4) is 0 Å². The minimum atomic E-state index is -2.90. The molecule has 1 aliphatic heterocycles. The van der Waals surface area contributed by atoms with Crippen LogP contribution in [0.3, 0.4) is 0 Å². The Labute approximate surface area is 135 Å². The molecule has 1 aliphatic rings. The number of ether oxygens (including phenoxy) is 3. The highest BCUT2D eigenvalue weighted by Crippen LogP contribution is 2.29. The van der Waals surface area contributed by atoms with Gasteiger partial charge in [0, 0.05) is 12.0 Å². The number of carbonyl (C=O) groups excluding carboxylic acids is 1. The Balaban J connectivity index is 2.19. The lowest BCUT2D eigenvalue weighted by molar-refractivity contribution is -0.384. The molecule has 24 heavy (non-hydrogen) atoms. The van der Waals surface area contributed by atoms with Gasteiger partial charge in [-0.15, -0.1) is 0 Å². The van der Waals surface area contributed by atoms with Gasteiger partial charge in [0.05, 0.1) is 43.5 Å². The normalized spacial score (nSPS) is 20.2. The van der Waals surface area contributed by atoms with E-state index in [0.717, 1.165) is 0 Å². The summed E-state index contributed by atoms with van der Waals surface area (Å²) in [6, 6.07) is 3.27. The Morgan fingerprint density at radius 1 is 1.50 bits per heavy atom. The third kappa shape index (κ3) is 4.36. The van der Waals surface area contributed by atoms with Crippen LogP contribution in [0.15, 0.2) is 18.2 Å². The van der Waals surface area contributed by atoms with Gasteiger partial charge in [-0.25, -0.2) is 4.79 Å². The van der Waals surface area contributed by atoms with Gasteiger partial charge in [0.2, 0.25) is 0 Å². The average molecular weight is 346 g/mol. The topological polar surface area (TPSA) is 99.9 Å². The van der Waals surface area contributed by atoms with Gasteiger partial charge in [-0.1, -0.05) is 0 Å². The lowest BCUT2D eigenvalue weighted by Crippen LogP contribution is -2.31. The summed E-state index contributed by atoms with van der Waals surface area (Å²) in [5, 5.41) is 14.0. The van der Waals surface area contributed by atoms with Crippen molar-refractivity contribution in [2.75, 3.05) is 32.2 Å². The third-order valence-electron chi connectivity index (χ3n) is 3.59. The van der Waals surface area contributed by atoms with E-state index < -0.39 is 29.5 Å². The van der Waals surface area contributed by atoms with Crippen molar-refractivity contribution in [3.63, 3.8) is 0 Å². The second-order valence-electron chi connectivity index (χ2n) is 5.12. The molecular formula is C14H16F2N2O6. The number of anilines is 1. The van der Waals surface area contributed by atoms with Crippen LogP contribution < -0.4 is 5.32 Å². The van der Waals surface area contributed by atoms with Gasteiger partial charge in [0.25, 0.3) is 5.69 Å². The first kappa shape index (κ1) is 18.0. The van der Waals surface area contributed by atoms with Crippen LogP contribution in [0.2, 0.25) is 0 Å². The molecule has 1 aromatic carbocycles. The number of halogens is 2. The number of nitrogens with one attached hydrogen (secondary N) is 1. The van der Waals surface area contributed by atoms with Gasteiger partial charge in [0.15, 0.2) is 0 Å². The first-order valence-corrected chi connectivity index (χ1v) is 7.03. The van der Waals surface area contributed by atoms with E-state index in [1.165, 1.54) is 25.3 Å². The lowest BCUT2D eigenvalue weighted by atomic mass is 10.0. The Bertz CT molecular complexity index is 613. The number of hydrogen-bond donors (Lipinski definition) is 1. The highest BCUT2D eigenvalue weighted by atomic mass is 19.3. The van der Waals surface area contributed by atoms with Gasteiger partial charge in [-0.05, 0) is 12.1 Å². The molecule has 1 aromatic rings. The van der Waals surface area contributed by atoms with Crippen LogP contribution in [-0.2, 0) is 14.2 Å². The molecule has 0 aliphatic carbocycles. The molecule has 0 bridgehead atoms. The highest BCUT2D eigenvalue weighted by molar-refractivity contribution is 5.91. The van der Waals surface area contributed by atoms with E-state index in [-0.39, 0.29) is 36.8 Å². The molecule has 0 amide bonds. The fourth-order valence-corrected chi connectivity index (χ4v) is 2.37. The van der Waals surface area contributed by atoms with Crippen molar-refractivity contribution in [2.24, 2.45) is 5.92 Å². The molecular weight excluding hydrogens is 330 g/mol. The quantitative estimate of drug-likeness (QED) is 0.458. The molecule has 1 N–H and O–H groups in total. The number of benzene rings is 1. The Hall–Kier alpha value is -2.33. The average Bonchev–Trinajstić information content (AvgIpc) is 2.99. The van der Waals surface area contributed by atoms with Gasteiger partial charge >= 0.3 is 12.6 Å². The van der Waals surface area contributed by atoms with E-state index in [2.05, 4.69) is 14.8 Å². The Kier molecular flexibility index (Phi) is 5.99. The maximum absolute atomic E-state index is 12.2. The molecule has 0 saturated carbocycles. The molecule has 2 atom stereocenters. The van der Waals surface area contributed by atoms with Crippen molar-refractivity contribution in [2.45, 2.75) is 12.7 Å². The molecule has 0 spiro atoms. The predicted molar refractivity (Wildman–Crippen MR) is 78.1 cm³/mol. The molecule has 1 saturated heterocycles. The molecule has 2 rings (SSSR count). The summed E-state index contributed by atoms with van der Waals surface area (Å²) >= 11 is 0. The SMILES string of the molecule is COC(=O)c1ccc([N+](=O)[O-])c(N[C@@H]2COC[C@@H]2COC(F)F)c1. The summed E-state index contributed by atoms with van der Waals surface area (Å²) in [5.74, 6) is -1.05. The van der Waals surface area contributed by atoms with E-state index in [1.807, 2.05) is 0 Å². The first-order chi connectivity index (χ1) is 11.4. The van der Waals surface area contributed by atoms with Crippen LogP contribution in [0.4, 0.5) is 20.2 Å². The predicted octanol–water partition coefficient (Wildman–Crippen LogP) is 2.05. The van der Waals surface area contributed by atoms with Crippen molar-refractivity contribution in [1.82, 2.24) is 0 Å². The second kappa shape index (κ2) is 7.97. The number of methoxy groups -OCH3 is 1. The van der Waals surface area contributed by atoms with E-state index in [4.69, 9.17) is 4.74 Å². The number of alkyl halides is 2. The summed E-state index contributed by atoms with van der Waals surface area (Å²) in [4.78, 5) is 22.1. The number of nitrogens with zero attached hydrogens (tertiary/aromatic N) is 1. The molecule has 0 aromatic heterocycles. The third-order valence-corrected chi connectivity index (χ3v) is 3.59. The van der Waals surface area contributed by atoms with E-state index in [9.17, 15) is 23.7 Å². The van der Waals surface area contributed by atoms with Crippen LogP contribution >= 0.6 is 0 Å². The van der Waals surface area contributed by atoms with E-state index >= 15 is 0 Å². The maximum Gasteiger partial charge on any atom is 0.345 e. The summed E-state index contributed by atoms with van der Waals surface area (Å²) in [6.07, 6.45) is 0. The molecule has 1 fully saturated rings. The Morgan fingerprint density at radius 2 is 2.25 bits per heavy atom. The van der Waals surface area contributed by atoms with Crippen molar-refractivity contribution in [3.05, 3.63) is 33.9 Å². The fourth-order valence-electron chi connectivity index (χ4n) is 2.37. The molecule has 132 valence electrons. The number of nitro benzene ring substituents is 1. The standard InChI is InChI=1S/C14H16F2N2O6/c1-22-13(19)8-2-3-12(18(20)21)10(4-8)17-11-7-23-5-9(11)6-24-14(15)16/h2-4,9,11,14,17H,5-7H2,1H3/t9-,11-/m1/s1. The fraction of sp³-hybridized carbons (Fsp3) is 0.500. The monoisotopic (exact) mass is 346 g/mol. The largest absolute Gasteiger partial charge is 0.465 e. The lowest BCUT2D eigenvalue weighted by Gasteiger charge is -2.20. The summed E-state index contributed by atoms with van der Waals surface area (Å²) in [6.45, 7) is -2.78. The maximum atomic E-state index is 12.2. The first-order valence-electron chi connectivity index (χ1n) is 7.03. The summed E-state index contributed by atoms with van der Waals surface area (Å²) in [7, 11) is 1.19. The molecule has 1 heterocycles. The van der Waals surface area contributed by atoms with Gasteiger partial charge in [-0.3, -0.25) is 10.1 Å². The number of nitro groups is 1. The minimum absolute atomic E-state index is 0.0837. The molecule has 8 nitrogen and oxygen atoms in total.